The van der Waals surface area contributed by atoms with Gasteiger partial charge in [-0.2, -0.15) is 0 Å². The molecule has 0 N–H and O–H groups in total. The van der Waals surface area contributed by atoms with Gasteiger partial charge >= 0.3 is 8.53 Å². The predicted octanol–water partition coefficient (Wildman–Crippen LogP) is 3.52. The van der Waals surface area contributed by atoms with Crippen molar-refractivity contribution in [2.45, 2.75) is 53.6 Å². The number of ether oxygens (including phenoxy) is 5. The SMILES string of the molecule is CCN=COP(OCCOCCOCCOCCOCCOCC)N(C(C)C)C(C)C. The summed E-state index contributed by atoms with van der Waals surface area (Å²) in [5.74, 6) is 0. The van der Waals surface area contributed by atoms with E-state index in [1.807, 2.05) is 13.8 Å². The molecule has 0 spiro atoms. The third kappa shape index (κ3) is 18.9. The van der Waals surface area contributed by atoms with Crippen LogP contribution in [-0.4, -0.2) is 102 Å². The van der Waals surface area contributed by atoms with Gasteiger partial charge in [-0.15, -0.1) is 0 Å². The van der Waals surface area contributed by atoms with E-state index in [1.165, 1.54) is 6.40 Å². The molecule has 0 aliphatic carbocycles. The number of hydrogen-bond donors (Lipinski definition) is 0. The van der Waals surface area contributed by atoms with E-state index in [9.17, 15) is 0 Å². The highest BCUT2D eigenvalue weighted by Crippen LogP contribution is 2.45. The van der Waals surface area contributed by atoms with E-state index in [-0.39, 0.29) is 0 Å². The maximum atomic E-state index is 5.96. The van der Waals surface area contributed by atoms with Gasteiger partial charge in [0.1, 0.15) is 0 Å². The van der Waals surface area contributed by atoms with Crippen molar-refractivity contribution in [3.63, 3.8) is 0 Å². The van der Waals surface area contributed by atoms with Crippen molar-refractivity contribution in [3.05, 3.63) is 0 Å². The zero-order valence-corrected chi connectivity index (χ0v) is 21.3. The van der Waals surface area contributed by atoms with Gasteiger partial charge in [-0.1, -0.05) is 0 Å². The average Bonchev–Trinajstić information content (AvgIpc) is 2.72. The fourth-order valence-electron chi connectivity index (χ4n) is 2.47. The Balaban J connectivity index is 3.71. The van der Waals surface area contributed by atoms with Crippen molar-refractivity contribution >= 4 is 14.9 Å². The van der Waals surface area contributed by atoms with Gasteiger partial charge in [-0.3, -0.25) is 4.99 Å². The molecule has 0 rings (SSSR count). The topological polar surface area (TPSA) is 80.2 Å². The van der Waals surface area contributed by atoms with Crippen LogP contribution < -0.4 is 0 Å². The lowest BCUT2D eigenvalue weighted by Gasteiger charge is -2.34. The minimum absolute atomic E-state index is 0.305. The van der Waals surface area contributed by atoms with Crippen molar-refractivity contribution in [2.24, 2.45) is 4.99 Å². The summed E-state index contributed by atoms with van der Waals surface area (Å²) in [5.41, 5.74) is 0. The van der Waals surface area contributed by atoms with Crippen LogP contribution in [0.15, 0.2) is 4.99 Å². The van der Waals surface area contributed by atoms with Gasteiger partial charge < -0.3 is 32.7 Å². The highest BCUT2D eigenvalue weighted by atomic mass is 31.2. The van der Waals surface area contributed by atoms with Gasteiger partial charge in [0.25, 0.3) is 0 Å². The van der Waals surface area contributed by atoms with E-state index >= 15 is 0 Å². The zero-order chi connectivity index (χ0) is 23.2. The van der Waals surface area contributed by atoms with Crippen molar-refractivity contribution in [2.75, 3.05) is 79.2 Å². The predicted molar refractivity (Wildman–Crippen MR) is 125 cm³/mol. The molecule has 0 saturated heterocycles. The molecule has 0 aliphatic heterocycles. The Hall–Kier alpha value is -0.380. The normalized spacial score (nSPS) is 13.2. The van der Waals surface area contributed by atoms with Crippen LogP contribution >= 0.6 is 8.53 Å². The van der Waals surface area contributed by atoms with Gasteiger partial charge in [0.15, 0.2) is 6.40 Å². The first-order chi connectivity index (χ1) is 15.0. The van der Waals surface area contributed by atoms with E-state index in [4.69, 9.17) is 32.7 Å². The van der Waals surface area contributed by atoms with E-state index in [2.05, 4.69) is 37.4 Å². The first kappa shape index (κ1) is 30.6. The summed E-state index contributed by atoms with van der Waals surface area (Å²) < 4.78 is 41.0. The molecule has 0 aromatic rings. The second-order valence-corrected chi connectivity index (χ2v) is 8.40. The molecule has 186 valence electrons. The lowest BCUT2D eigenvalue weighted by molar-refractivity contribution is -0.0121. The number of rotatable bonds is 23. The molecular formula is C21H45N2O7P. The highest BCUT2D eigenvalue weighted by molar-refractivity contribution is 7.45. The minimum Gasteiger partial charge on any atom is -0.425 e. The third-order valence-corrected chi connectivity index (χ3v) is 5.74. The smallest absolute Gasteiger partial charge is 0.322 e. The van der Waals surface area contributed by atoms with Crippen LogP contribution in [-0.2, 0) is 32.7 Å². The van der Waals surface area contributed by atoms with Crippen molar-refractivity contribution in [3.8, 4) is 0 Å². The molecule has 0 aromatic carbocycles. The molecule has 0 aromatic heterocycles. The van der Waals surface area contributed by atoms with Crippen LogP contribution in [0.4, 0.5) is 0 Å². The second kappa shape index (κ2) is 22.8. The van der Waals surface area contributed by atoms with Crippen LogP contribution in [0.25, 0.3) is 0 Å². The molecule has 0 heterocycles. The standard InChI is InChI=1S/C21H45N2O7P/c1-7-22-19-30-31(23(20(3)4)21(5)6)29-18-17-28-16-15-27-14-13-26-12-11-25-10-9-24-8-2/h19-21H,7-18H2,1-6H3. The van der Waals surface area contributed by atoms with Crippen molar-refractivity contribution in [1.29, 1.82) is 0 Å². The maximum absolute atomic E-state index is 5.96. The van der Waals surface area contributed by atoms with Gasteiger partial charge in [0.2, 0.25) is 0 Å². The summed E-state index contributed by atoms with van der Waals surface area (Å²) in [6.45, 7) is 19.2. The fraction of sp³-hybridized carbons (Fsp3) is 0.952. The van der Waals surface area contributed by atoms with Crippen LogP contribution in [0.3, 0.4) is 0 Å². The molecular weight excluding hydrogens is 423 g/mol. The first-order valence-electron chi connectivity index (χ1n) is 11.3. The fourth-order valence-corrected chi connectivity index (χ4v) is 3.91. The molecule has 0 amide bonds. The zero-order valence-electron chi connectivity index (χ0n) is 20.4. The summed E-state index contributed by atoms with van der Waals surface area (Å²) in [4.78, 5) is 4.13. The third-order valence-electron chi connectivity index (χ3n) is 3.76. The molecule has 31 heavy (non-hydrogen) atoms. The molecule has 0 saturated carbocycles. The monoisotopic (exact) mass is 468 g/mol. The first-order valence-corrected chi connectivity index (χ1v) is 12.4. The van der Waals surface area contributed by atoms with Crippen LogP contribution in [0.1, 0.15) is 41.5 Å². The van der Waals surface area contributed by atoms with Crippen molar-refractivity contribution < 1.29 is 32.7 Å². The number of nitrogens with zero attached hydrogens (tertiary/aromatic N) is 2. The Morgan fingerprint density at radius 1 is 0.677 bits per heavy atom. The molecule has 9 nitrogen and oxygen atoms in total. The van der Waals surface area contributed by atoms with Gasteiger partial charge in [0, 0.05) is 25.2 Å². The number of aliphatic imine (C=N–C) groups is 1. The lowest BCUT2D eigenvalue weighted by atomic mass is 10.3. The average molecular weight is 469 g/mol. The van der Waals surface area contributed by atoms with Crippen LogP contribution in [0, 0.1) is 0 Å². The lowest BCUT2D eigenvalue weighted by Crippen LogP contribution is -2.33. The summed E-state index contributed by atoms with van der Waals surface area (Å²) in [6, 6.07) is 0.610. The quantitative estimate of drug-likeness (QED) is 0.0976. The maximum Gasteiger partial charge on any atom is 0.322 e. The Morgan fingerprint density at radius 2 is 1.10 bits per heavy atom. The summed E-state index contributed by atoms with van der Waals surface area (Å²) in [5, 5.41) is 0. The van der Waals surface area contributed by atoms with E-state index in [1.54, 1.807) is 0 Å². The highest BCUT2D eigenvalue weighted by Gasteiger charge is 2.27. The molecule has 1 unspecified atom stereocenters. The van der Waals surface area contributed by atoms with Crippen LogP contribution in [0.5, 0.6) is 0 Å². The minimum atomic E-state index is -1.22. The molecule has 0 aliphatic rings. The van der Waals surface area contributed by atoms with E-state index in [0.717, 1.165) is 0 Å². The molecule has 1 atom stereocenters. The molecule has 0 radical (unpaired) electrons. The van der Waals surface area contributed by atoms with Crippen molar-refractivity contribution in [1.82, 2.24) is 4.67 Å². The van der Waals surface area contributed by atoms with E-state index in [0.29, 0.717) is 91.3 Å². The Morgan fingerprint density at radius 3 is 1.48 bits per heavy atom. The molecule has 0 fully saturated rings. The van der Waals surface area contributed by atoms with Gasteiger partial charge in [0.05, 0.1) is 66.1 Å². The second-order valence-electron chi connectivity index (χ2n) is 6.99. The Bertz CT molecular complexity index is 396. The summed E-state index contributed by atoms with van der Waals surface area (Å²) in [6.07, 6.45) is 1.49. The molecule has 0 bridgehead atoms. The van der Waals surface area contributed by atoms with Gasteiger partial charge in [-0.05, 0) is 41.5 Å². The van der Waals surface area contributed by atoms with Crippen LogP contribution in [0.2, 0.25) is 0 Å². The summed E-state index contributed by atoms with van der Waals surface area (Å²) in [7, 11) is -1.22. The largest absolute Gasteiger partial charge is 0.425 e. The number of hydrogen-bond acceptors (Lipinski definition) is 9. The Labute approximate surface area is 190 Å². The summed E-state index contributed by atoms with van der Waals surface area (Å²) >= 11 is 0. The molecule has 10 heteroatoms. The van der Waals surface area contributed by atoms with E-state index < -0.39 is 8.53 Å². The van der Waals surface area contributed by atoms with Gasteiger partial charge in [-0.25, -0.2) is 4.67 Å². The Kier molecular flexibility index (Phi) is 22.5.